The molecule has 2 aromatic carbocycles. The molecular weight excluding hydrogens is 293 g/mol. The molecule has 0 radical (unpaired) electrons. The second-order valence-electron chi connectivity index (χ2n) is 6.33. The number of nitrogens with one attached hydrogen (secondary N) is 1. The molecular formula is C19H20FNO2. The molecule has 4 rings (SSSR count). The summed E-state index contributed by atoms with van der Waals surface area (Å²) in [6, 6.07) is 12.6. The SMILES string of the molecule is CC1(c2ccccc2F)Oc2cccc(C3CCNCC3)c2O1. The van der Waals surface area contributed by atoms with E-state index in [9.17, 15) is 4.39 Å². The average molecular weight is 313 g/mol. The van der Waals surface area contributed by atoms with Crippen molar-refractivity contribution >= 4 is 0 Å². The van der Waals surface area contributed by atoms with Crippen LogP contribution in [0.1, 0.15) is 36.8 Å². The van der Waals surface area contributed by atoms with Gasteiger partial charge in [0.05, 0.1) is 5.56 Å². The second-order valence-corrected chi connectivity index (χ2v) is 6.33. The maximum absolute atomic E-state index is 14.2. The summed E-state index contributed by atoms with van der Waals surface area (Å²) in [6.07, 6.45) is 2.16. The van der Waals surface area contributed by atoms with Crippen LogP contribution in [-0.2, 0) is 5.79 Å². The quantitative estimate of drug-likeness (QED) is 0.911. The number of benzene rings is 2. The zero-order valence-corrected chi connectivity index (χ0v) is 13.1. The van der Waals surface area contributed by atoms with Gasteiger partial charge in [-0.25, -0.2) is 4.39 Å². The Morgan fingerprint density at radius 2 is 1.83 bits per heavy atom. The van der Waals surface area contributed by atoms with Gasteiger partial charge in [0.15, 0.2) is 11.5 Å². The maximum Gasteiger partial charge on any atom is 0.278 e. The van der Waals surface area contributed by atoms with Crippen LogP contribution in [0.2, 0.25) is 0 Å². The molecule has 23 heavy (non-hydrogen) atoms. The molecule has 2 aromatic rings. The lowest BCUT2D eigenvalue weighted by Gasteiger charge is -2.26. The molecule has 120 valence electrons. The Labute approximate surface area is 135 Å². The fourth-order valence-corrected chi connectivity index (χ4v) is 3.54. The Bertz CT molecular complexity index is 727. The molecule has 1 saturated heterocycles. The first-order valence-corrected chi connectivity index (χ1v) is 8.14. The van der Waals surface area contributed by atoms with Crippen molar-refractivity contribution in [2.75, 3.05) is 13.1 Å². The number of ether oxygens (including phenoxy) is 2. The first-order valence-electron chi connectivity index (χ1n) is 8.14. The lowest BCUT2D eigenvalue weighted by Crippen LogP contribution is -2.33. The minimum absolute atomic E-state index is 0.314. The van der Waals surface area contributed by atoms with E-state index in [-0.39, 0.29) is 5.82 Å². The Morgan fingerprint density at radius 3 is 2.61 bits per heavy atom. The van der Waals surface area contributed by atoms with Crippen molar-refractivity contribution in [1.82, 2.24) is 5.32 Å². The third-order valence-electron chi connectivity index (χ3n) is 4.75. The summed E-state index contributed by atoms with van der Waals surface area (Å²) in [4.78, 5) is 0. The van der Waals surface area contributed by atoms with E-state index in [0.717, 1.165) is 31.7 Å². The molecule has 1 atom stereocenters. The topological polar surface area (TPSA) is 30.5 Å². The molecule has 1 N–H and O–H groups in total. The molecule has 0 spiro atoms. The number of para-hydroxylation sites is 1. The van der Waals surface area contributed by atoms with Crippen molar-refractivity contribution in [3.63, 3.8) is 0 Å². The highest BCUT2D eigenvalue weighted by atomic mass is 19.1. The zero-order chi connectivity index (χ0) is 15.9. The molecule has 0 aliphatic carbocycles. The number of halogens is 1. The maximum atomic E-state index is 14.2. The van der Waals surface area contributed by atoms with Crippen LogP contribution >= 0.6 is 0 Å². The molecule has 2 aliphatic heterocycles. The van der Waals surface area contributed by atoms with Gasteiger partial charge in [-0.2, -0.15) is 0 Å². The van der Waals surface area contributed by atoms with Crippen molar-refractivity contribution in [3.8, 4) is 11.5 Å². The van der Waals surface area contributed by atoms with Crippen LogP contribution in [0.4, 0.5) is 4.39 Å². The number of rotatable bonds is 2. The highest BCUT2D eigenvalue weighted by molar-refractivity contribution is 5.52. The van der Waals surface area contributed by atoms with E-state index in [0.29, 0.717) is 17.2 Å². The van der Waals surface area contributed by atoms with E-state index >= 15 is 0 Å². The van der Waals surface area contributed by atoms with Gasteiger partial charge in [-0.05, 0) is 50.0 Å². The van der Waals surface area contributed by atoms with Crippen LogP contribution in [0.3, 0.4) is 0 Å². The standard InChI is InChI=1S/C19H20FNO2/c1-19(15-6-2-3-7-16(15)20)22-17-8-4-5-14(18(17)23-19)13-9-11-21-12-10-13/h2-8,13,21H,9-12H2,1H3. The van der Waals surface area contributed by atoms with Gasteiger partial charge in [-0.15, -0.1) is 0 Å². The van der Waals surface area contributed by atoms with Gasteiger partial charge in [0, 0.05) is 12.5 Å². The molecule has 3 nitrogen and oxygen atoms in total. The van der Waals surface area contributed by atoms with Crippen LogP contribution in [0.5, 0.6) is 11.5 Å². The van der Waals surface area contributed by atoms with Gasteiger partial charge >= 0.3 is 0 Å². The van der Waals surface area contributed by atoms with Crippen LogP contribution in [0, 0.1) is 5.82 Å². The first kappa shape index (κ1) is 14.5. The molecule has 0 bridgehead atoms. The van der Waals surface area contributed by atoms with Crippen molar-refractivity contribution < 1.29 is 13.9 Å². The predicted molar refractivity (Wildman–Crippen MR) is 86.3 cm³/mol. The van der Waals surface area contributed by atoms with Crippen LogP contribution < -0.4 is 14.8 Å². The summed E-state index contributed by atoms with van der Waals surface area (Å²) in [7, 11) is 0. The van der Waals surface area contributed by atoms with E-state index in [1.54, 1.807) is 25.1 Å². The van der Waals surface area contributed by atoms with Crippen molar-refractivity contribution in [3.05, 3.63) is 59.4 Å². The molecule has 4 heteroatoms. The van der Waals surface area contributed by atoms with Crippen molar-refractivity contribution in [2.45, 2.75) is 31.5 Å². The number of hydrogen-bond donors (Lipinski definition) is 1. The number of hydrogen-bond acceptors (Lipinski definition) is 3. The van der Waals surface area contributed by atoms with Gasteiger partial charge < -0.3 is 14.8 Å². The predicted octanol–water partition coefficient (Wildman–Crippen LogP) is 3.94. The number of piperidine rings is 1. The largest absolute Gasteiger partial charge is 0.444 e. The van der Waals surface area contributed by atoms with Gasteiger partial charge in [-0.3, -0.25) is 0 Å². The smallest absolute Gasteiger partial charge is 0.278 e. The highest BCUT2D eigenvalue weighted by Gasteiger charge is 2.42. The molecule has 2 aliphatic rings. The molecule has 1 fully saturated rings. The Hall–Kier alpha value is -2.07. The third kappa shape index (κ3) is 2.47. The minimum atomic E-state index is -1.11. The van der Waals surface area contributed by atoms with Gasteiger partial charge in [0.25, 0.3) is 5.79 Å². The lowest BCUT2D eigenvalue weighted by atomic mass is 9.89. The zero-order valence-electron chi connectivity index (χ0n) is 13.1. The van der Waals surface area contributed by atoms with Crippen LogP contribution in [-0.4, -0.2) is 13.1 Å². The van der Waals surface area contributed by atoms with Gasteiger partial charge in [0.1, 0.15) is 5.82 Å². The Balaban J connectivity index is 1.71. The normalized spacial score (nSPS) is 23.9. The Morgan fingerprint density at radius 1 is 1.04 bits per heavy atom. The molecule has 0 aromatic heterocycles. The molecule has 0 saturated carbocycles. The minimum Gasteiger partial charge on any atom is -0.444 e. The summed E-state index contributed by atoms with van der Waals surface area (Å²) >= 11 is 0. The fraction of sp³-hybridized carbons (Fsp3) is 0.368. The van der Waals surface area contributed by atoms with E-state index in [1.807, 2.05) is 12.1 Å². The van der Waals surface area contributed by atoms with Gasteiger partial charge in [0.2, 0.25) is 0 Å². The first-order chi connectivity index (χ1) is 11.2. The Kier molecular flexibility index (Phi) is 3.49. The van der Waals surface area contributed by atoms with E-state index < -0.39 is 5.79 Å². The third-order valence-corrected chi connectivity index (χ3v) is 4.75. The monoisotopic (exact) mass is 313 g/mol. The second kappa shape index (κ2) is 5.53. The number of fused-ring (bicyclic) bond motifs is 1. The van der Waals surface area contributed by atoms with Crippen molar-refractivity contribution in [1.29, 1.82) is 0 Å². The molecule has 0 amide bonds. The fourth-order valence-electron chi connectivity index (χ4n) is 3.54. The van der Waals surface area contributed by atoms with E-state index in [4.69, 9.17) is 9.47 Å². The van der Waals surface area contributed by atoms with E-state index in [2.05, 4.69) is 11.4 Å². The molecule has 1 unspecified atom stereocenters. The molecule has 2 heterocycles. The van der Waals surface area contributed by atoms with Crippen LogP contribution in [0.25, 0.3) is 0 Å². The summed E-state index contributed by atoms with van der Waals surface area (Å²) in [5, 5.41) is 3.38. The summed E-state index contributed by atoms with van der Waals surface area (Å²) in [6.45, 7) is 3.80. The van der Waals surface area contributed by atoms with E-state index in [1.165, 1.54) is 11.6 Å². The summed E-state index contributed by atoms with van der Waals surface area (Å²) in [5.74, 6) is 0.498. The summed E-state index contributed by atoms with van der Waals surface area (Å²) < 4.78 is 26.4. The highest BCUT2D eigenvalue weighted by Crippen LogP contribution is 2.49. The lowest BCUT2D eigenvalue weighted by molar-refractivity contribution is -0.0711. The van der Waals surface area contributed by atoms with Crippen molar-refractivity contribution in [2.24, 2.45) is 0 Å². The van der Waals surface area contributed by atoms with Gasteiger partial charge in [-0.1, -0.05) is 24.3 Å². The average Bonchev–Trinajstić information content (AvgIpc) is 2.93. The summed E-state index contributed by atoms with van der Waals surface area (Å²) in [5.41, 5.74) is 1.59. The van der Waals surface area contributed by atoms with Crippen LogP contribution in [0.15, 0.2) is 42.5 Å².